The van der Waals surface area contributed by atoms with Crippen LogP contribution in [0.15, 0.2) is 57.4 Å². The van der Waals surface area contributed by atoms with Gasteiger partial charge in [-0.2, -0.15) is 0 Å². The topological polar surface area (TPSA) is 66.5 Å². The van der Waals surface area contributed by atoms with Gasteiger partial charge in [0.05, 0.1) is 6.04 Å². The van der Waals surface area contributed by atoms with E-state index in [0.717, 1.165) is 24.2 Å². The van der Waals surface area contributed by atoms with Crippen molar-refractivity contribution in [3.8, 4) is 0 Å². The molecule has 1 atom stereocenters. The lowest BCUT2D eigenvalue weighted by Crippen LogP contribution is -2.39. The average molecular weight is 433 g/mol. The lowest BCUT2D eigenvalue weighted by atomic mass is 9.97. The van der Waals surface area contributed by atoms with Crippen LogP contribution in [0.1, 0.15) is 40.2 Å². The Labute approximate surface area is 172 Å². The molecular formula is C20H20N2O3S3. The maximum atomic E-state index is 13.1. The molecule has 1 N–H and O–H groups in total. The van der Waals surface area contributed by atoms with Gasteiger partial charge >= 0.3 is 0 Å². The predicted molar refractivity (Wildman–Crippen MR) is 114 cm³/mol. The van der Waals surface area contributed by atoms with Gasteiger partial charge in [0.1, 0.15) is 4.21 Å². The zero-order valence-corrected chi connectivity index (χ0v) is 17.7. The van der Waals surface area contributed by atoms with Crippen LogP contribution >= 0.6 is 22.7 Å². The molecule has 0 spiro atoms. The number of hydrogen-bond donors (Lipinski definition) is 1. The second-order valence-electron chi connectivity index (χ2n) is 6.59. The quantitative estimate of drug-likeness (QED) is 0.632. The number of rotatable bonds is 5. The summed E-state index contributed by atoms with van der Waals surface area (Å²) in [5.41, 5.74) is 2.26. The fourth-order valence-corrected chi connectivity index (χ4v) is 6.53. The third kappa shape index (κ3) is 3.59. The Bertz CT molecular complexity index is 1070. The number of sulfonamides is 1. The number of benzene rings is 1. The number of nitrogens with one attached hydrogen (secondary N) is 1. The monoisotopic (exact) mass is 432 g/mol. The molecule has 2 aromatic heterocycles. The fourth-order valence-electron chi connectivity index (χ4n) is 3.55. The Balaban J connectivity index is 1.52. The molecule has 1 aliphatic heterocycles. The van der Waals surface area contributed by atoms with Gasteiger partial charge in [-0.05, 0) is 65.6 Å². The largest absolute Gasteiger partial charge is 0.331 e. The van der Waals surface area contributed by atoms with Crippen LogP contribution in [0.5, 0.6) is 0 Å². The number of amides is 1. The van der Waals surface area contributed by atoms with Crippen molar-refractivity contribution in [2.45, 2.75) is 30.0 Å². The SMILES string of the molecule is CCC1c2ccsc2CCN1C(=O)c1ccc(NS(=O)(=O)c2cccs2)cc1. The molecule has 0 bridgehead atoms. The van der Waals surface area contributed by atoms with E-state index in [4.69, 9.17) is 0 Å². The second-order valence-corrected chi connectivity index (χ2v) is 10.4. The third-order valence-electron chi connectivity index (χ3n) is 4.89. The lowest BCUT2D eigenvalue weighted by Gasteiger charge is -2.35. The molecule has 8 heteroatoms. The molecular weight excluding hydrogens is 412 g/mol. The van der Waals surface area contributed by atoms with Crippen LogP contribution in [0, 0.1) is 0 Å². The maximum Gasteiger partial charge on any atom is 0.271 e. The number of carbonyl (C=O) groups is 1. The van der Waals surface area contributed by atoms with E-state index in [1.165, 1.54) is 10.4 Å². The van der Waals surface area contributed by atoms with Crippen molar-refractivity contribution in [3.05, 3.63) is 69.2 Å². The summed E-state index contributed by atoms with van der Waals surface area (Å²) in [6.07, 6.45) is 1.75. The van der Waals surface area contributed by atoms with Crippen LogP contribution in [0.4, 0.5) is 5.69 Å². The average Bonchev–Trinajstić information content (AvgIpc) is 3.39. The zero-order chi connectivity index (χ0) is 19.7. The number of nitrogens with zero attached hydrogens (tertiary/aromatic N) is 1. The molecule has 0 saturated heterocycles. The van der Waals surface area contributed by atoms with Gasteiger partial charge in [-0.25, -0.2) is 8.42 Å². The van der Waals surface area contributed by atoms with Gasteiger partial charge in [0, 0.05) is 22.7 Å². The smallest absolute Gasteiger partial charge is 0.271 e. The van der Waals surface area contributed by atoms with Gasteiger partial charge in [-0.15, -0.1) is 22.7 Å². The van der Waals surface area contributed by atoms with Crippen LogP contribution in [-0.4, -0.2) is 25.8 Å². The van der Waals surface area contributed by atoms with Gasteiger partial charge in [-0.3, -0.25) is 9.52 Å². The summed E-state index contributed by atoms with van der Waals surface area (Å²) in [6.45, 7) is 2.80. The molecule has 0 aliphatic carbocycles. The highest BCUT2D eigenvalue weighted by atomic mass is 32.2. The van der Waals surface area contributed by atoms with E-state index < -0.39 is 10.0 Å². The molecule has 4 rings (SSSR count). The van der Waals surface area contributed by atoms with Crippen LogP contribution in [-0.2, 0) is 16.4 Å². The van der Waals surface area contributed by atoms with E-state index in [9.17, 15) is 13.2 Å². The molecule has 3 heterocycles. The predicted octanol–water partition coefficient (Wildman–Crippen LogP) is 4.76. The first-order chi connectivity index (χ1) is 13.5. The van der Waals surface area contributed by atoms with Gasteiger partial charge in [0.25, 0.3) is 15.9 Å². The van der Waals surface area contributed by atoms with E-state index in [2.05, 4.69) is 23.1 Å². The molecule has 0 fully saturated rings. The zero-order valence-electron chi connectivity index (χ0n) is 15.3. The van der Waals surface area contributed by atoms with E-state index in [-0.39, 0.29) is 16.2 Å². The number of fused-ring (bicyclic) bond motifs is 1. The van der Waals surface area contributed by atoms with E-state index in [0.29, 0.717) is 17.8 Å². The molecule has 28 heavy (non-hydrogen) atoms. The van der Waals surface area contributed by atoms with Gasteiger partial charge in [0.2, 0.25) is 0 Å². The van der Waals surface area contributed by atoms with Gasteiger partial charge in [0.15, 0.2) is 0 Å². The van der Waals surface area contributed by atoms with Crippen molar-refractivity contribution in [3.63, 3.8) is 0 Å². The second kappa shape index (κ2) is 7.69. The Morgan fingerprint density at radius 3 is 2.61 bits per heavy atom. The minimum Gasteiger partial charge on any atom is -0.331 e. The molecule has 0 radical (unpaired) electrons. The summed E-state index contributed by atoms with van der Waals surface area (Å²) >= 11 is 2.92. The summed E-state index contributed by atoms with van der Waals surface area (Å²) in [6, 6.07) is 12.1. The third-order valence-corrected chi connectivity index (χ3v) is 8.66. The molecule has 5 nitrogen and oxygen atoms in total. The molecule has 1 amide bonds. The van der Waals surface area contributed by atoms with Crippen molar-refractivity contribution >= 4 is 44.3 Å². The molecule has 1 unspecified atom stereocenters. The van der Waals surface area contributed by atoms with Crippen molar-refractivity contribution in [1.29, 1.82) is 0 Å². The van der Waals surface area contributed by atoms with E-state index >= 15 is 0 Å². The van der Waals surface area contributed by atoms with Crippen molar-refractivity contribution in [2.24, 2.45) is 0 Å². The van der Waals surface area contributed by atoms with Crippen LogP contribution < -0.4 is 4.72 Å². The summed E-state index contributed by atoms with van der Waals surface area (Å²) in [5, 5.41) is 3.81. The minimum atomic E-state index is -3.59. The van der Waals surface area contributed by atoms with Crippen molar-refractivity contribution in [1.82, 2.24) is 4.90 Å². The fraction of sp³-hybridized carbons (Fsp3) is 0.250. The molecule has 3 aromatic rings. The first-order valence-electron chi connectivity index (χ1n) is 9.03. The van der Waals surface area contributed by atoms with E-state index in [1.807, 2.05) is 4.90 Å². The van der Waals surface area contributed by atoms with Crippen LogP contribution in [0.25, 0.3) is 0 Å². The molecule has 146 valence electrons. The lowest BCUT2D eigenvalue weighted by molar-refractivity contribution is 0.0657. The van der Waals surface area contributed by atoms with Crippen molar-refractivity contribution < 1.29 is 13.2 Å². The molecule has 0 saturated carbocycles. The van der Waals surface area contributed by atoms with Crippen molar-refractivity contribution in [2.75, 3.05) is 11.3 Å². The van der Waals surface area contributed by atoms with Gasteiger partial charge < -0.3 is 4.90 Å². The summed E-state index contributed by atoms with van der Waals surface area (Å²) in [7, 11) is -3.59. The molecule has 1 aliphatic rings. The molecule has 1 aromatic carbocycles. The van der Waals surface area contributed by atoms with E-state index in [1.54, 1.807) is 53.1 Å². The summed E-state index contributed by atoms with van der Waals surface area (Å²) in [5.74, 6) is -0.0173. The Morgan fingerprint density at radius 2 is 1.93 bits per heavy atom. The number of carbonyl (C=O) groups excluding carboxylic acids is 1. The number of hydrogen-bond acceptors (Lipinski definition) is 5. The van der Waals surface area contributed by atoms with Crippen LogP contribution in [0.3, 0.4) is 0 Å². The Morgan fingerprint density at radius 1 is 1.14 bits per heavy atom. The highest BCUT2D eigenvalue weighted by Crippen LogP contribution is 2.36. The maximum absolute atomic E-state index is 13.1. The number of anilines is 1. The summed E-state index contributed by atoms with van der Waals surface area (Å²) < 4.78 is 27.5. The first kappa shape index (κ1) is 19.2. The summed E-state index contributed by atoms with van der Waals surface area (Å²) in [4.78, 5) is 16.4. The first-order valence-corrected chi connectivity index (χ1v) is 12.3. The van der Waals surface area contributed by atoms with Crippen LogP contribution in [0.2, 0.25) is 0 Å². The standard InChI is InChI=1S/C20H20N2O3S3/c1-2-17-16-10-13-26-18(16)9-11-22(17)20(23)14-5-7-15(8-6-14)21-28(24,25)19-4-3-12-27-19/h3-8,10,12-13,17,21H,2,9,11H2,1H3. The normalized spacial score (nSPS) is 16.6. The Kier molecular flexibility index (Phi) is 5.27. The highest BCUT2D eigenvalue weighted by molar-refractivity contribution is 7.94. The minimum absolute atomic E-state index is 0.0173. The van der Waals surface area contributed by atoms with Gasteiger partial charge in [-0.1, -0.05) is 13.0 Å². The highest BCUT2D eigenvalue weighted by Gasteiger charge is 2.30. The number of thiophene rings is 2. The Hall–Kier alpha value is -2.16.